The van der Waals surface area contributed by atoms with Gasteiger partial charge in [-0.2, -0.15) is 0 Å². The zero-order valence-corrected chi connectivity index (χ0v) is 19.5. The second kappa shape index (κ2) is 10.2. The molecule has 158 valence electrons. The number of fused-ring (bicyclic) bond motifs is 1. The summed E-state index contributed by atoms with van der Waals surface area (Å²) in [5.74, 6) is 0.595. The van der Waals surface area contributed by atoms with Crippen molar-refractivity contribution in [3.8, 4) is 0 Å². The molecule has 2 amide bonds. The lowest BCUT2D eigenvalue weighted by molar-refractivity contribution is -0.113. The van der Waals surface area contributed by atoms with Gasteiger partial charge in [-0.3, -0.25) is 20.2 Å². The zero-order chi connectivity index (χ0) is 21.6. The molecule has 0 aliphatic rings. The van der Waals surface area contributed by atoms with E-state index in [1.54, 1.807) is 17.8 Å². The van der Waals surface area contributed by atoms with Gasteiger partial charge in [0.15, 0.2) is 8.68 Å². The number of carbonyl (C=O) groups excluding carboxylic acids is 2. The summed E-state index contributed by atoms with van der Waals surface area (Å²) in [5, 5.41) is 24.4. The minimum atomic E-state index is -0.256. The summed E-state index contributed by atoms with van der Waals surface area (Å²) in [7, 11) is 0. The Morgan fingerprint density at radius 3 is 2.29 bits per heavy atom. The first kappa shape index (κ1) is 21.7. The summed E-state index contributed by atoms with van der Waals surface area (Å²) in [6.45, 7) is 2.03. The van der Waals surface area contributed by atoms with E-state index in [9.17, 15) is 9.59 Å². The third kappa shape index (κ3) is 5.79. The summed E-state index contributed by atoms with van der Waals surface area (Å²) < 4.78 is 1.41. The highest BCUT2D eigenvalue weighted by molar-refractivity contribution is 8.01. The Bertz CT molecular complexity index is 1220. The Morgan fingerprint density at radius 2 is 1.55 bits per heavy atom. The fraction of sp³-hybridized carbons (Fsp3) is 0.158. The number of benzene rings is 2. The summed E-state index contributed by atoms with van der Waals surface area (Å²) in [4.78, 5) is 24.6. The molecule has 0 radical (unpaired) electrons. The molecule has 0 unspecified atom stereocenters. The van der Waals surface area contributed by atoms with E-state index in [1.165, 1.54) is 34.4 Å². The molecule has 2 heterocycles. The van der Waals surface area contributed by atoms with Crippen LogP contribution in [0, 0.1) is 0 Å². The van der Waals surface area contributed by atoms with Crippen LogP contribution in [0.25, 0.3) is 10.8 Å². The van der Waals surface area contributed by atoms with E-state index in [2.05, 4.69) is 31.0 Å². The molecule has 2 aromatic heterocycles. The Kier molecular flexibility index (Phi) is 7.12. The van der Waals surface area contributed by atoms with E-state index in [-0.39, 0.29) is 17.6 Å². The molecule has 8 nitrogen and oxygen atoms in total. The lowest BCUT2D eigenvalue weighted by atomic mass is 10.1. The second-order valence-electron chi connectivity index (χ2n) is 6.03. The van der Waals surface area contributed by atoms with Crippen molar-refractivity contribution in [2.75, 3.05) is 22.1 Å². The molecule has 12 heteroatoms. The van der Waals surface area contributed by atoms with Crippen LogP contribution in [0.2, 0.25) is 0 Å². The maximum atomic E-state index is 12.5. The van der Waals surface area contributed by atoms with E-state index < -0.39 is 0 Å². The van der Waals surface area contributed by atoms with Crippen molar-refractivity contribution in [2.24, 2.45) is 0 Å². The molecule has 0 atom stereocenters. The minimum absolute atomic E-state index is 0.156. The highest BCUT2D eigenvalue weighted by Crippen LogP contribution is 2.28. The first-order chi connectivity index (χ1) is 15.1. The number of nitrogens with zero attached hydrogens (tertiary/aromatic N) is 4. The summed E-state index contributed by atoms with van der Waals surface area (Å²) in [5.41, 5.74) is 0.542. The van der Waals surface area contributed by atoms with Gasteiger partial charge in [0, 0.05) is 5.56 Å². The van der Waals surface area contributed by atoms with Gasteiger partial charge in [0.2, 0.25) is 16.2 Å². The van der Waals surface area contributed by atoms with Crippen LogP contribution in [0.5, 0.6) is 0 Å². The molecular formula is C19H16N6O2S4. The van der Waals surface area contributed by atoms with E-state index >= 15 is 0 Å². The van der Waals surface area contributed by atoms with E-state index in [1.807, 2.05) is 43.3 Å². The highest BCUT2D eigenvalue weighted by atomic mass is 32.2. The second-order valence-corrected chi connectivity index (χ2v) is 10.7. The van der Waals surface area contributed by atoms with Crippen LogP contribution in [-0.2, 0) is 4.79 Å². The molecule has 31 heavy (non-hydrogen) atoms. The van der Waals surface area contributed by atoms with Gasteiger partial charge in [0.1, 0.15) is 0 Å². The van der Waals surface area contributed by atoms with Crippen molar-refractivity contribution in [1.29, 1.82) is 0 Å². The van der Waals surface area contributed by atoms with Crippen molar-refractivity contribution in [3.05, 3.63) is 48.0 Å². The summed E-state index contributed by atoms with van der Waals surface area (Å²) in [6.07, 6.45) is 0. The molecule has 4 rings (SSSR count). The van der Waals surface area contributed by atoms with Crippen LogP contribution < -0.4 is 10.6 Å². The average Bonchev–Trinajstić information content (AvgIpc) is 3.41. The molecule has 0 fully saturated rings. The fourth-order valence-corrected chi connectivity index (χ4v) is 5.76. The number of thioether (sulfide) groups is 2. The molecule has 4 aromatic rings. The van der Waals surface area contributed by atoms with Crippen LogP contribution >= 0.6 is 46.2 Å². The first-order valence-electron chi connectivity index (χ1n) is 9.13. The van der Waals surface area contributed by atoms with Crippen LogP contribution in [-0.4, -0.2) is 43.7 Å². The number of amides is 2. The average molecular weight is 489 g/mol. The van der Waals surface area contributed by atoms with E-state index in [4.69, 9.17) is 0 Å². The molecule has 2 aromatic carbocycles. The standard InChI is InChI=1S/C19H16N6O2S4/c1-2-28-18-24-22-16(30-18)20-14(26)10-29-19-25-23-17(31-19)21-15(27)13-8-7-11-5-3-4-6-12(11)9-13/h3-9H,2,10H2,1H3,(H,20,22,26)(H,21,23,27). The molecule has 0 aliphatic carbocycles. The van der Waals surface area contributed by atoms with Gasteiger partial charge in [-0.1, -0.05) is 83.5 Å². The number of carbonyl (C=O) groups is 2. The van der Waals surface area contributed by atoms with Gasteiger partial charge in [-0.25, -0.2) is 0 Å². The van der Waals surface area contributed by atoms with Crippen LogP contribution in [0.3, 0.4) is 0 Å². The summed E-state index contributed by atoms with van der Waals surface area (Å²) >= 11 is 5.38. The predicted octanol–water partition coefficient (Wildman–Crippen LogP) is 4.64. The van der Waals surface area contributed by atoms with Crippen LogP contribution in [0.15, 0.2) is 51.1 Å². The number of nitrogens with one attached hydrogen (secondary N) is 2. The molecule has 0 aliphatic heterocycles. The normalized spacial score (nSPS) is 10.9. The zero-order valence-electron chi connectivity index (χ0n) is 16.2. The van der Waals surface area contributed by atoms with E-state index in [0.717, 1.165) is 20.9 Å². The molecule has 0 spiro atoms. The SMILES string of the molecule is CCSc1nnc(NC(=O)CSc2nnc(NC(=O)c3ccc4ccccc4c3)s2)s1. The van der Waals surface area contributed by atoms with Gasteiger partial charge >= 0.3 is 0 Å². The lowest BCUT2D eigenvalue weighted by Gasteiger charge is -2.03. The van der Waals surface area contributed by atoms with Crippen molar-refractivity contribution < 1.29 is 9.59 Å². The van der Waals surface area contributed by atoms with Crippen molar-refractivity contribution in [1.82, 2.24) is 20.4 Å². The third-order valence-corrected chi connectivity index (χ3v) is 7.71. The number of hydrogen-bond acceptors (Lipinski definition) is 10. The molecular weight excluding hydrogens is 473 g/mol. The van der Waals surface area contributed by atoms with Crippen molar-refractivity contribution in [3.63, 3.8) is 0 Å². The lowest BCUT2D eigenvalue weighted by Crippen LogP contribution is -2.13. The largest absolute Gasteiger partial charge is 0.300 e. The number of rotatable bonds is 8. The van der Waals surface area contributed by atoms with Crippen molar-refractivity contribution >= 4 is 79.0 Å². The van der Waals surface area contributed by atoms with Crippen LogP contribution in [0.4, 0.5) is 10.3 Å². The molecule has 2 N–H and O–H groups in total. The molecule has 0 saturated carbocycles. The Hall–Kier alpha value is -2.54. The maximum Gasteiger partial charge on any atom is 0.257 e. The van der Waals surface area contributed by atoms with Crippen molar-refractivity contribution in [2.45, 2.75) is 15.6 Å². The predicted molar refractivity (Wildman–Crippen MR) is 127 cm³/mol. The smallest absolute Gasteiger partial charge is 0.257 e. The molecule has 0 saturated heterocycles. The molecule has 0 bridgehead atoms. The minimum Gasteiger partial charge on any atom is -0.300 e. The Labute approximate surface area is 194 Å². The fourth-order valence-electron chi connectivity index (χ4n) is 2.54. The Morgan fingerprint density at radius 1 is 0.871 bits per heavy atom. The number of anilines is 2. The monoisotopic (exact) mass is 488 g/mol. The van der Waals surface area contributed by atoms with Gasteiger partial charge in [0.25, 0.3) is 5.91 Å². The van der Waals surface area contributed by atoms with Gasteiger partial charge < -0.3 is 0 Å². The Balaban J connectivity index is 1.30. The first-order valence-corrected chi connectivity index (χ1v) is 12.7. The third-order valence-electron chi connectivity index (χ3n) is 3.89. The highest BCUT2D eigenvalue weighted by Gasteiger charge is 2.13. The topological polar surface area (TPSA) is 110 Å². The number of hydrogen-bond donors (Lipinski definition) is 2. The van der Waals surface area contributed by atoms with Gasteiger partial charge in [-0.05, 0) is 28.7 Å². The summed E-state index contributed by atoms with van der Waals surface area (Å²) in [6, 6.07) is 13.4. The van der Waals surface area contributed by atoms with Gasteiger partial charge in [-0.15, -0.1) is 20.4 Å². The van der Waals surface area contributed by atoms with E-state index in [0.29, 0.717) is 20.2 Å². The quantitative estimate of drug-likeness (QED) is 0.273. The van der Waals surface area contributed by atoms with Crippen LogP contribution in [0.1, 0.15) is 17.3 Å². The number of aromatic nitrogens is 4. The van der Waals surface area contributed by atoms with Gasteiger partial charge in [0.05, 0.1) is 5.75 Å². The maximum absolute atomic E-state index is 12.5.